The lowest BCUT2D eigenvalue weighted by molar-refractivity contribution is -0.155. The summed E-state index contributed by atoms with van der Waals surface area (Å²) in [5.41, 5.74) is 1.96. The zero-order valence-electron chi connectivity index (χ0n) is 18.5. The van der Waals surface area contributed by atoms with Gasteiger partial charge in [-0.2, -0.15) is 0 Å². The van der Waals surface area contributed by atoms with Gasteiger partial charge >= 0.3 is 5.97 Å². The first-order chi connectivity index (χ1) is 14.6. The first-order valence-corrected chi connectivity index (χ1v) is 10.9. The molecular weight excluding hydrogens is 398 g/mol. The van der Waals surface area contributed by atoms with Gasteiger partial charge in [0.2, 0.25) is 11.8 Å². The molecule has 0 aromatic heterocycles. The Hall–Kier alpha value is -2.90. The van der Waals surface area contributed by atoms with Crippen LogP contribution in [0.3, 0.4) is 0 Å². The fourth-order valence-electron chi connectivity index (χ4n) is 3.88. The summed E-state index contributed by atoms with van der Waals surface area (Å²) in [6.45, 7) is 6.72. The van der Waals surface area contributed by atoms with Crippen LogP contribution in [0, 0.1) is 0 Å². The number of esters is 1. The summed E-state index contributed by atoms with van der Waals surface area (Å²) in [7, 11) is 0. The third-order valence-electron chi connectivity index (χ3n) is 5.33. The van der Waals surface area contributed by atoms with Gasteiger partial charge < -0.3 is 15.0 Å². The number of carbonyl (C=O) groups is 4. The number of hydrogen-bond donors (Lipinski definition) is 2. The van der Waals surface area contributed by atoms with Crippen LogP contribution in [0.25, 0.3) is 0 Å². The van der Waals surface area contributed by atoms with Crippen LogP contribution in [-0.2, 0) is 25.7 Å². The molecule has 0 bridgehead atoms. The summed E-state index contributed by atoms with van der Waals surface area (Å²) in [5, 5.41) is 5.67. The van der Waals surface area contributed by atoms with Crippen molar-refractivity contribution in [1.29, 1.82) is 0 Å². The van der Waals surface area contributed by atoms with Gasteiger partial charge in [0.1, 0.15) is 11.6 Å². The predicted octanol–water partition coefficient (Wildman–Crippen LogP) is 2.76. The molecule has 1 aromatic carbocycles. The number of amides is 3. The zero-order chi connectivity index (χ0) is 22.6. The molecule has 0 saturated carbocycles. The third kappa shape index (κ3) is 6.06. The summed E-state index contributed by atoms with van der Waals surface area (Å²) in [5.74, 6) is -1.02. The molecule has 3 amide bonds. The van der Waals surface area contributed by atoms with E-state index in [-0.39, 0.29) is 24.2 Å². The minimum Gasteiger partial charge on any atom is -0.460 e. The maximum Gasteiger partial charge on any atom is 0.306 e. The average molecular weight is 430 g/mol. The van der Waals surface area contributed by atoms with E-state index in [1.165, 1.54) is 0 Å². The number of benzene rings is 1. The van der Waals surface area contributed by atoms with Gasteiger partial charge in [-0.3, -0.25) is 24.5 Å². The molecule has 2 aliphatic heterocycles. The monoisotopic (exact) mass is 429 g/mol. The van der Waals surface area contributed by atoms with Crippen LogP contribution in [-0.4, -0.2) is 46.8 Å². The highest BCUT2D eigenvalue weighted by molar-refractivity contribution is 6.05. The Balaban J connectivity index is 1.44. The highest BCUT2D eigenvalue weighted by Crippen LogP contribution is 2.29. The molecular formula is C23H31N3O5. The molecule has 1 unspecified atom stereocenters. The lowest BCUT2D eigenvalue weighted by Crippen LogP contribution is -2.52. The topological polar surface area (TPSA) is 105 Å². The predicted molar refractivity (Wildman–Crippen MR) is 115 cm³/mol. The molecule has 168 valence electrons. The molecule has 2 heterocycles. The normalized spacial score (nSPS) is 18.6. The van der Waals surface area contributed by atoms with Crippen molar-refractivity contribution in [3.63, 3.8) is 0 Å². The molecule has 2 aliphatic rings. The summed E-state index contributed by atoms with van der Waals surface area (Å²) in [6.07, 6.45) is 3.65. The Morgan fingerprint density at radius 2 is 1.97 bits per heavy atom. The number of nitrogens with one attached hydrogen (secondary N) is 2. The van der Waals surface area contributed by atoms with Crippen molar-refractivity contribution < 1.29 is 23.9 Å². The maximum absolute atomic E-state index is 12.7. The molecule has 1 aromatic rings. The minimum absolute atomic E-state index is 0.163. The molecule has 0 spiro atoms. The van der Waals surface area contributed by atoms with Crippen molar-refractivity contribution in [2.24, 2.45) is 0 Å². The summed E-state index contributed by atoms with van der Waals surface area (Å²) in [4.78, 5) is 49.5. The SMILES string of the molecule is CC(C)(C)OC(=O)CCCCCNc1ccc2c(c1)CN(C1CCC(=O)NC1=O)C2=O. The maximum atomic E-state index is 12.7. The Bertz CT molecular complexity index is 874. The number of imide groups is 1. The van der Waals surface area contributed by atoms with Crippen LogP contribution in [0.1, 0.15) is 75.2 Å². The second-order valence-electron chi connectivity index (χ2n) is 9.10. The van der Waals surface area contributed by atoms with E-state index in [1.54, 1.807) is 11.0 Å². The van der Waals surface area contributed by atoms with Gasteiger partial charge in [-0.05, 0) is 63.8 Å². The van der Waals surface area contributed by atoms with Crippen LogP contribution in [0.2, 0.25) is 0 Å². The van der Waals surface area contributed by atoms with Crippen LogP contribution < -0.4 is 10.6 Å². The molecule has 3 rings (SSSR count). The summed E-state index contributed by atoms with van der Waals surface area (Å²) < 4.78 is 5.30. The quantitative estimate of drug-likeness (QED) is 0.374. The first kappa shape index (κ1) is 22.8. The van der Waals surface area contributed by atoms with Crippen molar-refractivity contribution in [3.05, 3.63) is 29.3 Å². The van der Waals surface area contributed by atoms with Gasteiger partial charge in [0.25, 0.3) is 5.91 Å². The number of rotatable bonds is 8. The molecule has 31 heavy (non-hydrogen) atoms. The number of unbranched alkanes of at least 4 members (excludes halogenated alkanes) is 2. The van der Waals surface area contributed by atoms with Crippen LogP contribution in [0.4, 0.5) is 5.69 Å². The number of nitrogens with zero attached hydrogens (tertiary/aromatic N) is 1. The van der Waals surface area contributed by atoms with Gasteiger partial charge in [-0.15, -0.1) is 0 Å². The Labute approximate surface area is 182 Å². The van der Waals surface area contributed by atoms with Gasteiger partial charge in [-0.1, -0.05) is 6.42 Å². The second-order valence-corrected chi connectivity index (χ2v) is 9.10. The van der Waals surface area contributed by atoms with E-state index in [2.05, 4.69) is 10.6 Å². The van der Waals surface area contributed by atoms with Gasteiger partial charge in [0.15, 0.2) is 0 Å². The molecule has 0 radical (unpaired) electrons. The van der Waals surface area contributed by atoms with E-state index in [1.807, 2.05) is 32.9 Å². The highest BCUT2D eigenvalue weighted by atomic mass is 16.6. The Morgan fingerprint density at radius 3 is 2.68 bits per heavy atom. The molecule has 1 saturated heterocycles. The fraction of sp³-hybridized carbons (Fsp3) is 0.565. The van der Waals surface area contributed by atoms with Crippen molar-refractivity contribution in [2.75, 3.05) is 11.9 Å². The smallest absolute Gasteiger partial charge is 0.306 e. The number of anilines is 1. The standard InChI is InChI=1S/C23H31N3O5/c1-23(2,3)31-20(28)7-5-4-6-12-24-16-8-9-17-15(13-16)14-26(22(17)30)18-10-11-19(27)25-21(18)29/h8-9,13,18,24H,4-7,10-12,14H2,1-3H3,(H,25,27,29). The van der Waals surface area contributed by atoms with Gasteiger partial charge in [0, 0.05) is 37.2 Å². The number of piperidine rings is 1. The van der Waals surface area contributed by atoms with E-state index >= 15 is 0 Å². The molecule has 1 atom stereocenters. The van der Waals surface area contributed by atoms with E-state index in [4.69, 9.17) is 4.74 Å². The van der Waals surface area contributed by atoms with Crippen molar-refractivity contribution in [3.8, 4) is 0 Å². The molecule has 0 aliphatic carbocycles. The number of ether oxygens (including phenoxy) is 1. The van der Waals surface area contributed by atoms with Gasteiger partial charge in [0.05, 0.1) is 0 Å². The third-order valence-corrected chi connectivity index (χ3v) is 5.33. The largest absolute Gasteiger partial charge is 0.460 e. The molecule has 1 fully saturated rings. The Morgan fingerprint density at radius 1 is 1.19 bits per heavy atom. The van der Waals surface area contributed by atoms with Gasteiger partial charge in [-0.25, -0.2) is 0 Å². The molecule has 8 nitrogen and oxygen atoms in total. The van der Waals surface area contributed by atoms with Crippen LogP contribution in [0.15, 0.2) is 18.2 Å². The summed E-state index contributed by atoms with van der Waals surface area (Å²) >= 11 is 0. The molecule has 8 heteroatoms. The van der Waals surface area contributed by atoms with Crippen molar-refractivity contribution in [1.82, 2.24) is 10.2 Å². The van der Waals surface area contributed by atoms with E-state index in [0.717, 1.165) is 37.1 Å². The highest BCUT2D eigenvalue weighted by Gasteiger charge is 2.39. The zero-order valence-corrected chi connectivity index (χ0v) is 18.5. The number of hydrogen-bond acceptors (Lipinski definition) is 6. The summed E-state index contributed by atoms with van der Waals surface area (Å²) in [6, 6.07) is 5.00. The average Bonchev–Trinajstić information content (AvgIpc) is 2.99. The van der Waals surface area contributed by atoms with Crippen LogP contribution >= 0.6 is 0 Å². The Kier molecular flexibility index (Phi) is 6.97. The van der Waals surface area contributed by atoms with E-state index < -0.39 is 17.6 Å². The van der Waals surface area contributed by atoms with E-state index in [9.17, 15) is 19.2 Å². The van der Waals surface area contributed by atoms with E-state index in [0.29, 0.717) is 24.9 Å². The minimum atomic E-state index is -0.598. The lowest BCUT2D eigenvalue weighted by atomic mass is 10.0. The van der Waals surface area contributed by atoms with Crippen molar-refractivity contribution >= 4 is 29.4 Å². The number of carbonyl (C=O) groups excluding carboxylic acids is 4. The molecule has 2 N–H and O–H groups in total. The number of fused-ring (bicyclic) bond motifs is 1. The fourth-order valence-corrected chi connectivity index (χ4v) is 3.88. The van der Waals surface area contributed by atoms with Crippen molar-refractivity contribution in [2.45, 2.75) is 77.5 Å². The second kappa shape index (κ2) is 9.49. The lowest BCUT2D eigenvalue weighted by Gasteiger charge is -2.29. The first-order valence-electron chi connectivity index (χ1n) is 10.9. The van der Waals surface area contributed by atoms with Crippen LogP contribution in [0.5, 0.6) is 0 Å².